The van der Waals surface area contributed by atoms with Gasteiger partial charge in [0, 0.05) is 36.5 Å². The summed E-state index contributed by atoms with van der Waals surface area (Å²) in [7, 11) is 1.60. The summed E-state index contributed by atoms with van der Waals surface area (Å²) in [5, 5.41) is 0.545. The Balaban J connectivity index is 1.49. The third-order valence-corrected chi connectivity index (χ3v) is 5.86. The van der Waals surface area contributed by atoms with E-state index in [9.17, 15) is 9.59 Å². The van der Waals surface area contributed by atoms with Gasteiger partial charge in [-0.3, -0.25) is 9.59 Å². The highest BCUT2D eigenvalue weighted by Crippen LogP contribution is 2.42. The first-order valence-electron chi connectivity index (χ1n) is 9.36. The van der Waals surface area contributed by atoms with Crippen LogP contribution in [-0.4, -0.2) is 42.4 Å². The van der Waals surface area contributed by atoms with Crippen LogP contribution >= 0.6 is 11.6 Å². The van der Waals surface area contributed by atoms with Crippen LogP contribution in [0.15, 0.2) is 36.4 Å². The zero-order chi connectivity index (χ0) is 19.9. The lowest BCUT2D eigenvalue weighted by Crippen LogP contribution is -2.52. The van der Waals surface area contributed by atoms with Crippen LogP contribution < -0.4 is 9.47 Å². The normalized spacial score (nSPS) is 17.8. The van der Waals surface area contributed by atoms with Crippen molar-refractivity contribution in [2.24, 2.45) is 0 Å². The van der Waals surface area contributed by atoms with Crippen LogP contribution in [0.25, 0.3) is 0 Å². The van der Waals surface area contributed by atoms with Crippen LogP contribution in [0.1, 0.15) is 45.5 Å². The average molecular weight is 400 g/mol. The molecule has 2 aliphatic heterocycles. The van der Waals surface area contributed by atoms with E-state index in [-0.39, 0.29) is 11.7 Å². The lowest BCUT2D eigenvalue weighted by atomic mass is 9.82. The van der Waals surface area contributed by atoms with Crippen molar-refractivity contribution in [3.05, 3.63) is 58.1 Å². The number of methoxy groups -OCH3 is 1. The monoisotopic (exact) mass is 399 g/mol. The molecule has 1 fully saturated rings. The van der Waals surface area contributed by atoms with E-state index in [4.69, 9.17) is 21.1 Å². The molecular weight excluding hydrogens is 378 g/mol. The number of carbonyl (C=O) groups excluding carboxylic acids is 2. The first kappa shape index (κ1) is 18.8. The Morgan fingerprint density at radius 2 is 1.86 bits per heavy atom. The predicted molar refractivity (Wildman–Crippen MR) is 107 cm³/mol. The summed E-state index contributed by atoms with van der Waals surface area (Å²) >= 11 is 6.10. The molecule has 2 aromatic carbocycles. The standard InChI is InChI=1S/C22H22ClNO4/c1-14-11-16(23)12-18-19(25)13-22(28-20(14)18)7-9-24(10-8-22)21(26)15-3-5-17(27-2)6-4-15/h3-6,11-12H,7-10,13H2,1-2H3. The zero-order valence-corrected chi connectivity index (χ0v) is 16.7. The fraction of sp³-hybridized carbons (Fsp3) is 0.364. The van der Waals surface area contributed by atoms with Crippen LogP contribution in [0.4, 0.5) is 0 Å². The largest absolute Gasteiger partial charge is 0.497 e. The number of hydrogen-bond acceptors (Lipinski definition) is 4. The van der Waals surface area contributed by atoms with Crippen LogP contribution in [0.5, 0.6) is 11.5 Å². The van der Waals surface area contributed by atoms with Crippen LogP contribution in [0.3, 0.4) is 0 Å². The fourth-order valence-corrected chi connectivity index (χ4v) is 4.30. The quantitative estimate of drug-likeness (QED) is 0.755. The molecular formula is C22H22ClNO4. The Kier molecular flexibility index (Phi) is 4.79. The van der Waals surface area contributed by atoms with Gasteiger partial charge < -0.3 is 14.4 Å². The van der Waals surface area contributed by atoms with Gasteiger partial charge in [-0.15, -0.1) is 0 Å². The molecule has 0 atom stereocenters. The molecule has 4 rings (SSSR count). The second-order valence-corrected chi connectivity index (χ2v) is 7.94. The van der Waals surface area contributed by atoms with E-state index in [2.05, 4.69) is 0 Å². The first-order chi connectivity index (χ1) is 13.4. The second-order valence-electron chi connectivity index (χ2n) is 7.51. The van der Waals surface area contributed by atoms with Gasteiger partial charge in [0.25, 0.3) is 5.91 Å². The number of nitrogens with zero attached hydrogens (tertiary/aromatic N) is 1. The van der Waals surface area contributed by atoms with Crippen LogP contribution in [0, 0.1) is 6.92 Å². The van der Waals surface area contributed by atoms with Gasteiger partial charge >= 0.3 is 0 Å². The molecule has 0 radical (unpaired) electrons. The summed E-state index contributed by atoms with van der Waals surface area (Å²) < 4.78 is 11.5. The molecule has 2 heterocycles. The minimum absolute atomic E-state index is 0.0111. The molecule has 1 amide bonds. The van der Waals surface area contributed by atoms with Crippen LogP contribution in [-0.2, 0) is 0 Å². The number of ether oxygens (including phenoxy) is 2. The number of fused-ring (bicyclic) bond motifs is 1. The molecule has 0 bridgehead atoms. The van der Waals surface area contributed by atoms with Crippen molar-refractivity contribution in [1.82, 2.24) is 4.90 Å². The third kappa shape index (κ3) is 3.35. The highest BCUT2D eigenvalue weighted by Gasteiger charge is 2.44. The van der Waals surface area contributed by atoms with Gasteiger partial charge in [-0.1, -0.05) is 11.6 Å². The Labute approximate surface area is 169 Å². The van der Waals surface area contributed by atoms with Gasteiger partial charge in [0.1, 0.15) is 17.1 Å². The van der Waals surface area contributed by atoms with Gasteiger partial charge in [0.2, 0.25) is 0 Å². The number of rotatable bonds is 2. The highest BCUT2D eigenvalue weighted by atomic mass is 35.5. The maximum Gasteiger partial charge on any atom is 0.253 e. The van der Waals surface area contributed by atoms with E-state index >= 15 is 0 Å². The summed E-state index contributed by atoms with van der Waals surface area (Å²) in [4.78, 5) is 27.3. The number of piperidine rings is 1. The summed E-state index contributed by atoms with van der Waals surface area (Å²) in [5.41, 5.74) is 1.52. The smallest absolute Gasteiger partial charge is 0.253 e. The molecule has 0 aromatic heterocycles. The Morgan fingerprint density at radius 3 is 2.50 bits per heavy atom. The van der Waals surface area contributed by atoms with Crippen molar-refractivity contribution in [2.75, 3.05) is 20.2 Å². The van der Waals surface area contributed by atoms with Crippen molar-refractivity contribution in [3.8, 4) is 11.5 Å². The molecule has 1 spiro atoms. The Bertz CT molecular complexity index is 930. The van der Waals surface area contributed by atoms with Gasteiger partial charge in [0.15, 0.2) is 5.78 Å². The number of benzene rings is 2. The summed E-state index contributed by atoms with van der Waals surface area (Å²) in [6, 6.07) is 10.6. The summed E-state index contributed by atoms with van der Waals surface area (Å²) in [5.74, 6) is 1.40. The summed E-state index contributed by atoms with van der Waals surface area (Å²) in [6.07, 6.45) is 1.58. The number of aryl methyl sites for hydroxylation is 1. The minimum Gasteiger partial charge on any atom is -0.497 e. The van der Waals surface area contributed by atoms with Crippen molar-refractivity contribution >= 4 is 23.3 Å². The average Bonchev–Trinajstić information content (AvgIpc) is 2.69. The highest BCUT2D eigenvalue weighted by molar-refractivity contribution is 6.31. The van der Waals surface area contributed by atoms with E-state index in [0.717, 1.165) is 11.3 Å². The maximum atomic E-state index is 12.8. The van der Waals surface area contributed by atoms with Crippen molar-refractivity contribution in [3.63, 3.8) is 0 Å². The number of ketones is 1. The van der Waals surface area contributed by atoms with Gasteiger partial charge in [-0.25, -0.2) is 0 Å². The van der Waals surface area contributed by atoms with Gasteiger partial charge in [-0.2, -0.15) is 0 Å². The molecule has 146 valence electrons. The Hall–Kier alpha value is -2.53. The van der Waals surface area contributed by atoms with E-state index in [1.165, 1.54) is 0 Å². The number of amides is 1. The summed E-state index contributed by atoms with van der Waals surface area (Å²) in [6.45, 7) is 3.01. The third-order valence-electron chi connectivity index (χ3n) is 5.64. The molecule has 0 unspecified atom stereocenters. The van der Waals surface area contributed by atoms with Gasteiger partial charge in [-0.05, 0) is 48.9 Å². The molecule has 0 saturated carbocycles. The molecule has 0 aliphatic carbocycles. The number of hydrogen-bond donors (Lipinski definition) is 0. The zero-order valence-electron chi connectivity index (χ0n) is 16.0. The van der Waals surface area contributed by atoms with E-state index in [1.807, 2.05) is 17.9 Å². The van der Waals surface area contributed by atoms with Crippen molar-refractivity contribution in [2.45, 2.75) is 31.8 Å². The van der Waals surface area contributed by atoms with E-state index < -0.39 is 5.60 Å². The van der Waals surface area contributed by atoms with Crippen molar-refractivity contribution < 1.29 is 19.1 Å². The fourth-order valence-electron chi connectivity index (χ4n) is 4.03. The lowest BCUT2D eigenvalue weighted by molar-refractivity contribution is -0.00616. The number of halogens is 1. The number of carbonyl (C=O) groups is 2. The predicted octanol–water partition coefficient (Wildman–Crippen LogP) is 4.30. The minimum atomic E-state index is -0.542. The van der Waals surface area contributed by atoms with Gasteiger partial charge in [0.05, 0.1) is 19.1 Å². The van der Waals surface area contributed by atoms with Crippen LogP contribution in [0.2, 0.25) is 5.02 Å². The lowest BCUT2D eigenvalue weighted by Gasteiger charge is -2.44. The number of Topliss-reactive ketones (excluding diaryl/α,β-unsaturated/α-hetero) is 1. The second kappa shape index (κ2) is 7.13. The first-order valence-corrected chi connectivity index (χ1v) is 9.74. The molecule has 28 heavy (non-hydrogen) atoms. The van der Waals surface area contributed by atoms with Crippen molar-refractivity contribution in [1.29, 1.82) is 0 Å². The van der Waals surface area contributed by atoms with E-state index in [0.29, 0.717) is 54.3 Å². The number of likely N-dealkylation sites (tertiary alicyclic amines) is 1. The maximum absolute atomic E-state index is 12.8. The topological polar surface area (TPSA) is 55.8 Å². The molecule has 0 N–H and O–H groups in total. The Morgan fingerprint density at radius 1 is 1.18 bits per heavy atom. The molecule has 6 heteroatoms. The SMILES string of the molecule is COc1ccc(C(=O)N2CCC3(CC2)CC(=O)c2cc(Cl)cc(C)c2O3)cc1. The molecule has 1 saturated heterocycles. The van der Waals surface area contributed by atoms with E-state index in [1.54, 1.807) is 37.4 Å². The molecule has 5 nitrogen and oxygen atoms in total. The molecule has 2 aliphatic rings. The molecule has 2 aromatic rings.